The summed E-state index contributed by atoms with van der Waals surface area (Å²) in [5, 5.41) is 13.5. The summed E-state index contributed by atoms with van der Waals surface area (Å²) in [5.74, 6) is -0.469. The minimum absolute atomic E-state index is 0.201. The third-order valence-electron chi connectivity index (χ3n) is 5.53. The molecule has 36 heavy (non-hydrogen) atoms. The number of unbranched alkanes of at least 4 members (excludes halogenated alkanes) is 3. The van der Waals surface area contributed by atoms with Crippen LogP contribution >= 0.6 is 0 Å². The van der Waals surface area contributed by atoms with Gasteiger partial charge in [-0.2, -0.15) is 5.06 Å². The first-order valence-corrected chi connectivity index (χ1v) is 12.3. The SMILES string of the molecule is CCCCCCOc1ccc(C(=O)Nc2ccc(CN(Cc3ccccc3)OCC(=O)O)cc2)cc1. The Bertz CT molecular complexity index is 1070. The fourth-order valence-corrected chi connectivity index (χ4v) is 3.60. The maximum absolute atomic E-state index is 12.6. The lowest BCUT2D eigenvalue weighted by Crippen LogP contribution is -2.26. The molecule has 3 aromatic carbocycles. The molecule has 7 heteroatoms. The normalized spacial score (nSPS) is 10.8. The number of anilines is 1. The molecule has 2 N–H and O–H groups in total. The van der Waals surface area contributed by atoms with E-state index in [-0.39, 0.29) is 5.91 Å². The summed E-state index contributed by atoms with van der Waals surface area (Å²) in [5.41, 5.74) is 3.16. The molecule has 0 aliphatic heterocycles. The van der Waals surface area contributed by atoms with Gasteiger partial charge >= 0.3 is 5.97 Å². The summed E-state index contributed by atoms with van der Waals surface area (Å²) >= 11 is 0. The molecule has 0 aliphatic rings. The van der Waals surface area contributed by atoms with Gasteiger partial charge in [-0.15, -0.1) is 0 Å². The number of ether oxygens (including phenoxy) is 1. The highest BCUT2D eigenvalue weighted by atomic mass is 16.7. The Hall–Kier alpha value is -3.68. The van der Waals surface area contributed by atoms with Crippen LogP contribution in [0.2, 0.25) is 0 Å². The Morgan fingerprint density at radius 3 is 2.14 bits per heavy atom. The molecule has 0 radical (unpaired) electrons. The van der Waals surface area contributed by atoms with Gasteiger partial charge in [-0.1, -0.05) is 68.7 Å². The monoisotopic (exact) mass is 490 g/mol. The van der Waals surface area contributed by atoms with Gasteiger partial charge in [0.2, 0.25) is 0 Å². The number of carbonyl (C=O) groups is 2. The predicted octanol–water partition coefficient (Wildman–Crippen LogP) is 5.92. The highest BCUT2D eigenvalue weighted by Gasteiger charge is 2.11. The van der Waals surface area contributed by atoms with E-state index >= 15 is 0 Å². The first kappa shape index (κ1) is 26.9. The number of carbonyl (C=O) groups excluding carboxylic acids is 1. The summed E-state index contributed by atoms with van der Waals surface area (Å²) in [6, 6.07) is 24.2. The van der Waals surface area contributed by atoms with Gasteiger partial charge in [0.25, 0.3) is 5.91 Å². The Morgan fingerprint density at radius 1 is 0.833 bits per heavy atom. The Morgan fingerprint density at radius 2 is 1.50 bits per heavy atom. The van der Waals surface area contributed by atoms with Crippen LogP contribution in [-0.4, -0.2) is 35.3 Å². The molecule has 190 valence electrons. The van der Waals surface area contributed by atoms with Crippen molar-refractivity contribution in [1.82, 2.24) is 5.06 Å². The number of carboxylic acids is 1. The highest BCUT2D eigenvalue weighted by molar-refractivity contribution is 6.04. The van der Waals surface area contributed by atoms with Crippen molar-refractivity contribution in [2.24, 2.45) is 0 Å². The number of nitrogens with one attached hydrogen (secondary N) is 1. The van der Waals surface area contributed by atoms with E-state index in [0.717, 1.165) is 29.7 Å². The molecule has 0 spiro atoms. The van der Waals surface area contributed by atoms with Gasteiger partial charge < -0.3 is 15.2 Å². The minimum Gasteiger partial charge on any atom is -0.494 e. The number of aliphatic carboxylic acids is 1. The molecule has 0 unspecified atom stereocenters. The fourth-order valence-electron chi connectivity index (χ4n) is 3.60. The van der Waals surface area contributed by atoms with E-state index < -0.39 is 12.6 Å². The molecule has 3 rings (SSSR count). The average molecular weight is 491 g/mol. The van der Waals surface area contributed by atoms with Gasteiger partial charge in [0.15, 0.2) is 6.61 Å². The largest absolute Gasteiger partial charge is 0.494 e. The second kappa shape index (κ2) is 14.7. The third-order valence-corrected chi connectivity index (χ3v) is 5.53. The van der Waals surface area contributed by atoms with Crippen LogP contribution in [0.15, 0.2) is 78.9 Å². The first-order valence-electron chi connectivity index (χ1n) is 12.3. The number of benzene rings is 3. The number of amides is 1. The molecular formula is C29H34N2O5. The van der Waals surface area contributed by atoms with Gasteiger partial charge in [0.1, 0.15) is 5.75 Å². The van der Waals surface area contributed by atoms with Crippen LogP contribution in [0.4, 0.5) is 5.69 Å². The van der Waals surface area contributed by atoms with Crippen LogP contribution in [-0.2, 0) is 22.7 Å². The molecule has 0 bridgehead atoms. The van der Waals surface area contributed by atoms with Gasteiger partial charge in [0.05, 0.1) is 6.61 Å². The fraction of sp³-hybridized carbons (Fsp3) is 0.310. The van der Waals surface area contributed by atoms with E-state index in [4.69, 9.17) is 14.7 Å². The lowest BCUT2D eigenvalue weighted by atomic mass is 10.1. The number of hydrogen-bond donors (Lipinski definition) is 2. The molecule has 7 nitrogen and oxygen atoms in total. The standard InChI is InChI=1S/C29H34N2O5/c1-2-3-4-8-19-35-27-17-13-25(14-18-27)29(34)30-26-15-11-24(12-16-26)21-31(36-22-28(32)33)20-23-9-6-5-7-10-23/h5-7,9-18H,2-4,8,19-22H2,1H3,(H,30,34)(H,32,33). The quantitative estimate of drug-likeness (QED) is 0.203. The van der Waals surface area contributed by atoms with Crippen molar-refractivity contribution in [3.8, 4) is 5.75 Å². The minimum atomic E-state index is -1.03. The molecule has 0 heterocycles. The van der Waals surface area contributed by atoms with Crippen molar-refractivity contribution in [2.45, 2.75) is 45.7 Å². The molecular weight excluding hydrogens is 456 g/mol. The van der Waals surface area contributed by atoms with Gasteiger partial charge in [-0.3, -0.25) is 9.63 Å². The zero-order chi connectivity index (χ0) is 25.6. The topological polar surface area (TPSA) is 88.1 Å². The second-order valence-electron chi connectivity index (χ2n) is 8.54. The van der Waals surface area contributed by atoms with Gasteiger partial charge in [-0.05, 0) is 53.9 Å². The van der Waals surface area contributed by atoms with E-state index in [0.29, 0.717) is 30.9 Å². The van der Waals surface area contributed by atoms with Crippen LogP contribution in [0.3, 0.4) is 0 Å². The van der Waals surface area contributed by atoms with E-state index in [2.05, 4.69) is 12.2 Å². The zero-order valence-electron chi connectivity index (χ0n) is 20.7. The summed E-state index contributed by atoms with van der Waals surface area (Å²) in [6.45, 7) is 3.30. The van der Waals surface area contributed by atoms with Gasteiger partial charge in [0, 0.05) is 24.3 Å². The first-order chi connectivity index (χ1) is 17.5. The van der Waals surface area contributed by atoms with Crippen molar-refractivity contribution in [2.75, 3.05) is 18.5 Å². The lowest BCUT2D eigenvalue weighted by Gasteiger charge is -2.21. The maximum Gasteiger partial charge on any atom is 0.331 e. The molecule has 0 saturated carbocycles. The third kappa shape index (κ3) is 9.52. The Labute approximate surface area is 212 Å². The molecule has 0 atom stereocenters. The molecule has 0 saturated heterocycles. The summed E-state index contributed by atoms with van der Waals surface area (Å²) < 4.78 is 5.74. The van der Waals surface area contributed by atoms with Crippen LogP contribution < -0.4 is 10.1 Å². The number of nitrogens with zero attached hydrogens (tertiary/aromatic N) is 1. The summed E-state index contributed by atoms with van der Waals surface area (Å²) in [6.07, 6.45) is 4.60. The van der Waals surface area contributed by atoms with Crippen molar-refractivity contribution >= 4 is 17.6 Å². The van der Waals surface area contributed by atoms with Crippen LogP contribution in [0.1, 0.15) is 54.1 Å². The number of carboxylic acid groups (broad SMARTS) is 1. The van der Waals surface area contributed by atoms with Crippen LogP contribution in [0, 0.1) is 0 Å². The van der Waals surface area contributed by atoms with E-state index in [1.807, 2.05) is 66.7 Å². The summed E-state index contributed by atoms with van der Waals surface area (Å²) in [7, 11) is 0. The van der Waals surface area contributed by atoms with Crippen LogP contribution in [0.5, 0.6) is 5.75 Å². The van der Waals surface area contributed by atoms with Crippen molar-refractivity contribution < 1.29 is 24.3 Å². The number of rotatable bonds is 15. The van der Waals surface area contributed by atoms with Crippen LogP contribution in [0.25, 0.3) is 0 Å². The van der Waals surface area contributed by atoms with Crippen molar-refractivity contribution in [3.05, 3.63) is 95.6 Å². The molecule has 0 aliphatic carbocycles. The molecule has 3 aromatic rings. The summed E-state index contributed by atoms with van der Waals surface area (Å²) in [4.78, 5) is 29.1. The van der Waals surface area contributed by atoms with Crippen molar-refractivity contribution in [3.63, 3.8) is 0 Å². The Kier molecular flexibility index (Phi) is 11.0. The molecule has 1 amide bonds. The Balaban J connectivity index is 1.52. The van der Waals surface area contributed by atoms with E-state index in [9.17, 15) is 9.59 Å². The lowest BCUT2D eigenvalue weighted by molar-refractivity contribution is -0.190. The van der Waals surface area contributed by atoms with E-state index in [1.165, 1.54) is 12.8 Å². The van der Waals surface area contributed by atoms with Gasteiger partial charge in [-0.25, -0.2) is 4.79 Å². The van der Waals surface area contributed by atoms with E-state index in [1.54, 1.807) is 17.2 Å². The number of hydroxylamine groups is 2. The average Bonchev–Trinajstić information content (AvgIpc) is 2.89. The highest BCUT2D eigenvalue weighted by Crippen LogP contribution is 2.17. The predicted molar refractivity (Wildman–Crippen MR) is 140 cm³/mol. The maximum atomic E-state index is 12.6. The van der Waals surface area contributed by atoms with Crippen molar-refractivity contribution in [1.29, 1.82) is 0 Å². The number of hydrogen-bond acceptors (Lipinski definition) is 5. The molecule has 0 aromatic heterocycles. The smallest absolute Gasteiger partial charge is 0.331 e. The second-order valence-corrected chi connectivity index (χ2v) is 8.54. The zero-order valence-corrected chi connectivity index (χ0v) is 20.7. The molecule has 0 fully saturated rings.